The number of Topliss-reactive ketones (excluding diaryl/α,β-unsaturated/α-hetero) is 1. The van der Waals surface area contributed by atoms with E-state index in [9.17, 15) is 41.1 Å². The number of rotatable bonds is 5. The van der Waals surface area contributed by atoms with Crippen LogP contribution < -0.4 is 15.6 Å². The smallest absolute Gasteiger partial charge is 0.340 e. The third-order valence-corrected chi connectivity index (χ3v) is 5.62. The van der Waals surface area contributed by atoms with Gasteiger partial charge in [-0.2, -0.15) is 13.2 Å². The van der Waals surface area contributed by atoms with Crippen LogP contribution in [0.4, 0.5) is 27.8 Å². The molecule has 13 heteroatoms. The molecule has 0 saturated carbocycles. The molecule has 1 aliphatic heterocycles. The Labute approximate surface area is 199 Å². The van der Waals surface area contributed by atoms with E-state index in [1.54, 1.807) is 5.32 Å². The summed E-state index contributed by atoms with van der Waals surface area (Å²) in [5.74, 6) is -4.37. The van der Waals surface area contributed by atoms with E-state index in [1.165, 1.54) is 13.0 Å². The van der Waals surface area contributed by atoms with Crippen LogP contribution in [0.15, 0.2) is 41.3 Å². The van der Waals surface area contributed by atoms with Crippen molar-refractivity contribution in [3.05, 3.63) is 63.9 Å². The quantitative estimate of drug-likeness (QED) is 0.422. The highest BCUT2D eigenvalue weighted by Crippen LogP contribution is 2.25. The Hall–Kier alpha value is -4.16. The minimum atomic E-state index is -4.78. The van der Waals surface area contributed by atoms with E-state index < -0.39 is 53.1 Å². The van der Waals surface area contributed by atoms with E-state index in [0.717, 1.165) is 33.9 Å². The van der Waals surface area contributed by atoms with Gasteiger partial charge in [0.1, 0.15) is 29.1 Å². The molecule has 0 spiro atoms. The molecule has 0 radical (unpaired) electrons. The number of ketones is 1. The van der Waals surface area contributed by atoms with Crippen LogP contribution in [0.2, 0.25) is 0 Å². The van der Waals surface area contributed by atoms with Crippen LogP contribution in [0, 0.1) is 11.6 Å². The van der Waals surface area contributed by atoms with Crippen molar-refractivity contribution in [1.82, 2.24) is 14.9 Å². The highest BCUT2D eigenvalue weighted by molar-refractivity contribution is 6.14. The third kappa shape index (κ3) is 4.55. The molecule has 2 amide bonds. The maximum atomic E-state index is 14.7. The van der Waals surface area contributed by atoms with Crippen LogP contribution in [-0.4, -0.2) is 45.9 Å². The fourth-order valence-corrected chi connectivity index (χ4v) is 3.81. The first-order valence-electron chi connectivity index (χ1n) is 10.6. The highest BCUT2D eigenvalue weighted by atomic mass is 19.4. The largest absolute Gasteiger partial charge is 0.408 e. The molecule has 1 unspecified atom stereocenters. The van der Waals surface area contributed by atoms with Crippen LogP contribution in [-0.2, 0) is 9.59 Å². The highest BCUT2D eigenvalue weighted by Gasteiger charge is 2.40. The fourth-order valence-electron chi connectivity index (χ4n) is 3.81. The Morgan fingerprint density at radius 2 is 1.86 bits per heavy atom. The van der Waals surface area contributed by atoms with Gasteiger partial charge in [-0.15, -0.1) is 0 Å². The number of benzene rings is 1. The number of fused-ring (bicyclic) bond motifs is 1. The number of nitrogens with zero attached hydrogens (tertiary/aromatic N) is 3. The molecule has 36 heavy (non-hydrogen) atoms. The summed E-state index contributed by atoms with van der Waals surface area (Å²) < 4.78 is 68.7. The summed E-state index contributed by atoms with van der Waals surface area (Å²) in [4.78, 5) is 54.9. The number of amides is 2. The van der Waals surface area contributed by atoms with Gasteiger partial charge in [-0.25, -0.2) is 13.8 Å². The topological polar surface area (TPSA) is 101 Å². The first-order valence-corrected chi connectivity index (χ1v) is 10.6. The van der Waals surface area contributed by atoms with E-state index in [0.29, 0.717) is 6.07 Å². The van der Waals surface area contributed by atoms with Gasteiger partial charge in [-0.1, -0.05) is 6.92 Å². The van der Waals surface area contributed by atoms with Gasteiger partial charge in [0.2, 0.25) is 11.3 Å². The monoisotopic (exact) mass is 508 g/mol. The minimum Gasteiger partial charge on any atom is -0.340 e. The van der Waals surface area contributed by atoms with Crippen molar-refractivity contribution in [2.24, 2.45) is 0 Å². The van der Waals surface area contributed by atoms with Gasteiger partial charge in [0.15, 0.2) is 11.4 Å². The molecule has 1 N–H and O–H groups in total. The summed E-state index contributed by atoms with van der Waals surface area (Å²) in [6.07, 6.45) is -4.83. The van der Waals surface area contributed by atoms with E-state index >= 15 is 0 Å². The number of anilines is 1. The molecule has 4 rings (SSSR count). The molecule has 1 atom stereocenters. The van der Waals surface area contributed by atoms with Crippen LogP contribution in [0.1, 0.15) is 30.1 Å². The molecule has 1 saturated heterocycles. The van der Waals surface area contributed by atoms with Gasteiger partial charge in [0.25, 0.3) is 5.91 Å². The van der Waals surface area contributed by atoms with Gasteiger partial charge < -0.3 is 5.32 Å². The lowest BCUT2D eigenvalue weighted by Crippen LogP contribution is -2.46. The second kappa shape index (κ2) is 9.13. The molecular formula is C23H17F5N4O4. The average Bonchev–Trinajstić information content (AvgIpc) is 3.14. The number of hydrogen-bond donors (Lipinski definition) is 1. The zero-order chi connectivity index (χ0) is 26.4. The number of aromatic nitrogens is 2. The third-order valence-electron chi connectivity index (χ3n) is 5.62. The van der Waals surface area contributed by atoms with Gasteiger partial charge in [0.05, 0.1) is 24.0 Å². The van der Waals surface area contributed by atoms with Crippen molar-refractivity contribution in [2.45, 2.75) is 32.0 Å². The predicted octanol–water partition coefficient (Wildman–Crippen LogP) is 3.04. The van der Waals surface area contributed by atoms with E-state index in [1.807, 2.05) is 0 Å². The average molecular weight is 508 g/mol. The maximum absolute atomic E-state index is 14.7. The summed E-state index contributed by atoms with van der Waals surface area (Å²) in [5.41, 5.74) is -2.38. The van der Waals surface area contributed by atoms with E-state index in [-0.39, 0.29) is 41.3 Å². The van der Waals surface area contributed by atoms with Crippen LogP contribution in [0.5, 0.6) is 0 Å². The lowest BCUT2D eigenvalue weighted by molar-refractivity contribution is -0.153. The number of nitrogens with one attached hydrogen (secondary N) is 1. The Bertz CT molecular complexity index is 1470. The Morgan fingerprint density at radius 1 is 1.14 bits per heavy atom. The second-order valence-corrected chi connectivity index (χ2v) is 8.05. The maximum Gasteiger partial charge on any atom is 0.408 e. The molecule has 0 bridgehead atoms. The van der Waals surface area contributed by atoms with Crippen molar-refractivity contribution in [3.63, 3.8) is 0 Å². The van der Waals surface area contributed by atoms with Gasteiger partial charge >= 0.3 is 6.18 Å². The van der Waals surface area contributed by atoms with Crippen LogP contribution in [0.3, 0.4) is 0 Å². The minimum absolute atomic E-state index is 0.0469. The molecule has 1 fully saturated rings. The zero-order valence-corrected chi connectivity index (χ0v) is 18.5. The van der Waals surface area contributed by atoms with E-state index in [4.69, 9.17) is 0 Å². The molecule has 2 aromatic heterocycles. The molecule has 0 aliphatic carbocycles. The van der Waals surface area contributed by atoms with Crippen molar-refractivity contribution >= 4 is 34.4 Å². The molecule has 3 aromatic rings. The number of hydrogen-bond acceptors (Lipinski definition) is 5. The summed E-state index contributed by atoms with van der Waals surface area (Å²) >= 11 is 0. The van der Waals surface area contributed by atoms with Crippen molar-refractivity contribution in [3.8, 4) is 5.69 Å². The normalized spacial score (nSPS) is 15.0. The van der Waals surface area contributed by atoms with Gasteiger partial charge in [-0.05, 0) is 30.7 Å². The summed E-state index contributed by atoms with van der Waals surface area (Å²) in [5, 5.41) is 1.47. The SMILES string of the molecule is CCC(NC(=O)c1cn(-c2ccc(F)cc2F)c2nc(N3CC(=O)CC3=O)ccc2c1=O)C(F)(F)F. The number of halogens is 5. The summed E-state index contributed by atoms with van der Waals surface area (Å²) in [6.45, 7) is 0.920. The molecule has 1 aliphatic rings. The first-order chi connectivity index (χ1) is 16.9. The number of alkyl halides is 3. The van der Waals surface area contributed by atoms with Gasteiger partial charge in [0, 0.05) is 12.3 Å². The van der Waals surface area contributed by atoms with Crippen LogP contribution >= 0.6 is 0 Å². The fraction of sp³-hybridized carbons (Fsp3) is 0.261. The standard InChI is InChI=1S/C23H17F5N4O4/c1-2-17(23(26,27)28)29-22(36)14-10-31(16-5-3-11(24)7-15(16)25)21-13(20(14)35)4-6-18(30-21)32-9-12(33)8-19(32)34/h3-7,10,17H,2,8-9H2,1H3,(H,29,36). The lowest BCUT2D eigenvalue weighted by Gasteiger charge is -2.21. The Kier molecular flexibility index (Phi) is 6.33. The lowest BCUT2D eigenvalue weighted by atomic mass is 10.1. The number of carbonyl (C=O) groups is 3. The number of pyridine rings is 2. The second-order valence-electron chi connectivity index (χ2n) is 8.05. The Balaban J connectivity index is 1.93. The van der Waals surface area contributed by atoms with Crippen molar-refractivity contribution < 1.29 is 36.3 Å². The predicted molar refractivity (Wildman–Crippen MR) is 117 cm³/mol. The van der Waals surface area contributed by atoms with E-state index in [2.05, 4.69) is 4.98 Å². The Morgan fingerprint density at radius 3 is 2.44 bits per heavy atom. The van der Waals surface area contributed by atoms with Crippen molar-refractivity contribution in [2.75, 3.05) is 11.4 Å². The first kappa shape index (κ1) is 24.9. The van der Waals surface area contributed by atoms with Gasteiger partial charge in [-0.3, -0.25) is 28.6 Å². The summed E-state index contributed by atoms with van der Waals surface area (Å²) in [6, 6.07) is 2.55. The molecule has 8 nitrogen and oxygen atoms in total. The zero-order valence-electron chi connectivity index (χ0n) is 18.5. The number of carbonyl (C=O) groups excluding carboxylic acids is 3. The van der Waals surface area contributed by atoms with Crippen molar-refractivity contribution in [1.29, 1.82) is 0 Å². The summed E-state index contributed by atoms with van der Waals surface area (Å²) in [7, 11) is 0. The molecule has 3 heterocycles. The molecular weight excluding hydrogens is 491 g/mol. The van der Waals surface area contributed by atoms with Crippen LogP contribution in [0.25, 0.3) is 16.7 Å². The molecule has 188 valence electrons. The molecule has 1 aromatic carbocycles.